The summed E-state index contributed by atoms with van der Waals surface area (Å²) < 4.78 is 29.1. The van der Waals surface area contributed by atoms with Gasteiger partial charge in [-0.15, -0.1) is 0 Å². The average molecular weight is 597 g/mol. The highest BCUT2D eigenvalue weighted by Gasteiger charge is 2.42. The second kappa shape index (κ2) is 9.92. The summed E-state index contributed by atoms with van der Waals surface area (Å²) in [5.74, 6) is 0. The molecule has 2 atom stereocenters. The number of anilines is 2. The van der Waals surface area contributed by atoms with E-state index in [9.17, 15) is 8.42 Å². The van der Waals surface area contributed by atoms with E-state index in [2.05, 4.69) is 72.5 Å². The minimum Gasteiger partial charge on any atom is -0.351 e. The molecule has 0 saturated carbocycles. The van der Waals surface area contributed by atoms with Gasteiger partial charge < -0.3 is 14.8 Å². The van der Waals surface area contributed by atoms with Crippen molar-refractivity contribution in [2.24, 2.45) is 0 Å². The number of aromatic nitrogens is 2. The van der Waals surface area contributed by atoms with Crippen molar-refractivity contribution < 1.29 is 8.42 Å². The number of pyridine rings is 1. The number of thiocarbonyl (C=S) groups is 1. The van der Waals surface area contributed by atoms with Crippen molar-refractivity contribution in [1.82, 2.24) is 14.9 Å². The zero-order valence-electron chi connectivity index (χ0n) is 20.5. The molecule has 3 heterocycles. The molecule has 1 aliphatic rings. The Morgan fingerprint density at radius 2 is 1.76 bits per heavy atom. The first kappa shape index (κ1) is 25.4. The number of sulfonamides is 1. The Hall–Kier alpha value is -3.21. The Morgan fingerprint density at radius 3 is 2.41 bits per heavy atom. The third kappa shape index (κ3) is 5.14. The van der Waals surface area contributed by atoms with E-state index in [1.807, 2.05) is 42.5 Å². The van der Waals surface area contributed by atoms with Crippen LogP contribution in [0.3, 0.4) is 0 Å². The van der Waals surface area contributed by atoms with Crippen LogP contribution in [0.15, 0.2) is 83.5 Å². The third-order valence-corrected chi connectivity index (χ3v) is 7.82. The van der Waals surface area contributed by atoms with Gasteiger partial charge in [0.1, 0.15) is 0 Å². The van der Waals surface area contributed by atoms with Crippen LogP contribution in [-0.2, 0) is 10.0 Å². The molecule has 37 heavy (non-hydrogen) atoms. The number of nitrogens with zero attached hydrogens (tertiary/aromatic N) is 3. The summed E-state index contributed by atoms with van der Waals surface area (Å²) in [6.45, 7) is 4.22. The van der Waals surface area contributed by atoms with E-state index in [1.165, 1.54) is 0 Å². The molecular formula is C27H26BrN5O2S2. The lowest BCUT2D eigenvalue weighted by molar-refractivity contribution is 0.565. The molecule has 4 aromatic rings. The van der Waals surface area contributed by atoms with Crippen LogP contribution in [0.1, 0.15) is 34.7 Å². The minimum absolute atomic E-state index is 0.178. The minimum atomic E-state index is -3.37. The van der Waals surface area contributed by atoms with E-state index < -0.39 is 10.0 Å². The highest BCUT2D eigenvalue weighted by Crippen LogP contribution is 2.44. The normalized spacial score (nSPS) is 17.6. The van der Waals surface area contributed by atoms with Crippen LogP contribution in [0.5, 0.6) is 0 Å². The largest absolute Gasteiger partial charge is 0.351 e. The highest BCUT2D eigenvalue weighted by atomic mass is 79.9. The van der Waals surface area contributed by atoms with Crippen LogP contribution in [0.25, 0.3) is 5.69 Å². The number of hydrogen-bond donors (Lipinski definition) is 2. The molecule has 7 nitrogen and oxygen atoms in total. The monoisotopic (exact) mass is 595 g/mol. The summed E-state index contributed by atoms with van der Waals surface area (Å²) in [5, 5.41) is 4.07. The summed E-state index contributed by atoms with van der Waals surface area (Å²) in [7, 11) is -3.37. The lowest BCUT2D eigenvalue weighted by Gasteiger charge is -2.28. The van der Waals surface area contributed by atoms with E-state index in [0.717, 1.165) is 44.7 Å². The van der Waals surface area contributed by atoms with Gasteiger partial charge in [0.15, 0.2) is 5.11 Å². The number of rotatable bonds is 6. The Kier molecular flexibility index (Phi) is 6.82. The molecule has 2 aromatic heterocycles. The summed E-state index contributed by atoms with van der Waals surface area (Å²) in [6.07, 6.45) is 2.92. The number of hydrogen-bond acceptors (Lipinski definition) is 4. The van der Waals surface area contributed by atoms with Gasteiger partial charge in [-0.3, -0.25) is 9.71 Å². The zero-order valence-corrected chi connectivity index (χ0v) is 23.7. The summed E-state index contributed by atoms with van der Waals surface area (Å²) in [6, 6.07) is 23.2. The molecule has 2 aromatic carbocycles. The fourth-order valence-electron chi connectivity index (χ4n) is 4.95. The molecule has 0 spiro atoms. The van der Waals surface area contributed by atoms with Crippen molar-refractivity contribution in [2.45, 2.75) is 25.9 Å². The van der Waals surface area contributed by atoms with Gasteiger partial charge in [-0.2, -0.15) is 0 Å². The van der Waals surface area contributed by atoms with E-state index in [-0.39, 0.29) is 12.1 Å². The Bertz CT molecular complexity index is 1570. The molecule has 5 rings (SSSR count). The zero-order chi connectivity index (χ0) is 26.3. The van der Waals surface area contributed by atoms with Crippen LogP contribution in [0.4, 0.5) is 11.4 Å². The van der Waals surface area contributed by atoms with Gasteiger partial charge in [0.25, 0.3) is 0 Å². The van der Waals surface area contributed by atoms with Crippen molar-refractivity contribution in [1.29, 1.82) is 0 Å². The third-order valence-electron chi connectivity index (χ3n) is 6.40. The van der Waals surface area contributed by atoms with E-state index in [1.54, 1.807) is 18.3 Å². The number of benzene rings is 2. The Balaban J connectivity index is 1.63. The molecule has 10 heteroatoms. The van der Waals surface area contributed by atoms with E-state index in [0.29, 0.717) is 10.8 Å². The van der Waals surface area contributed by atoms with E-state index >= 15 is 0 Å². The maximum Gasteiger partial charge on any atom is 0.229 e. The molecule has 1 aliphatic heterocycles. The first-order valence-electron chi connectivity index (χ1n) is 11.7. The van der Waals surface area contributed by atoms with Crippen LogP contribution >= 0.6 is 28.1 Å². The molecule has 0 radical (unpaired) electrons. The SMILES string of the molecule is Cc1cc([C@@H]2[C@@H](c3ccccn3)NC(=S)N2c2ccc(NS(C)(=O)=O)cc2)c(C)n1-c1cccc(Br)c1. The second-order valence-electron chi connectivity index (χ2n) is 9.06. The first-order valence-corrected chi connectivity index (χ1v) is 14.7. The van der Waals surface area contributed by atoms with E-state index in [4.69, 9.17) is 12.2 Å². The predicted molar refractivity (Wildman–Crippen MR) is 156 cm³/mol. The predicted octanol–water partition coefficient (Wildman–Crippen LogP) is 5.80. The topological polar surface area (TPSA) is 79.3 Å². The molecule has 0 unspecified atom stereocenters. The first-order chi connectivity index (χ1) is 17.6. The lowest BCUT2D eigenvalue weighted by Crippen LogP contribution is -2.29. The number of nitrogens with one attached hydrogen (secondary N) is 2. The Labute approximate surface area is 230 Å². The van der Waals surface area contributed by atoms with Gasteiger partial charge in [-0.1, -0.05) is 28.1 Å². The molecule has 190 valence electrons. The number of aryl methyl sites for hydroxylation is 1. The van der Waals surface area contributed by atoms with Gasteiger partial charge >= 0.3 is 0 Å². The molecule has 2 N–H and O–H groups in total. The summed E-state index contributed by atoms with van der Waals surface area (Å²) >= 11 is 9.45. The van der Waals surface area contributed by atoms with Gasteiger partial charge in [-0.05, 0) is 92.3 Å². The van der Waals surface area contributed by atoms with Gasteiger partial charge in [0.05, 0.1) is 24.0 Å². The second-order valence-corrected chi connectivity index (χ2v) is 12.1. The average Bonchev–Trinajstić information content (AvgIpc) is 3.34. The van der Waals surface area contributed by atoms with Crippen LogP contribution in [-0.4, -0.2) is 29.3 Å². The van der Waals surface area contributed by atoms with Crippen molar-refractivity contribution in [3.05, 3.63) is 106 Å². The Morgan fingerprint density at radius 1 is 1.00 bits per heavy atom. The van der Waals surface area contributed by atoms with Crippen molar-refractivity contribution in [2.75, 3.05) is 15.9 Å². The molecular weight excluding hydrogens is 570 g/mol. The molecule has 0 aliphatic carbocycles. The van der Waals surface area contributed by atoms with Gasteiger partial charge in [-0.25, -0.2) is 8.42 Å². The summed E-state index contributed by atoms with van der Waals surface area (Å²) in [4.78, 5) is 6.73. The maximum atomic E-state index is 11.7. The van der Waals surface area contributed by atoms with Crippen LogP contribution in [0, 0.1) is 13.8 Å². The van der Waals surface area contributed by atoms with Gasteiger partial charge in [0.2, 0.25) is 10.0 Å². The highest BCUT2D eigenvalue weighted by molar-refractivity contribution is 9.10. The quantitative estimate of drug-likeness (QED) is 0.274. The molecule has 1 saturated heterocycles. The fraction of sp³-hybridized carbons (Fsp3) is 0.185. The van der Waals surface area contributed by atoms with Crippen molar-refractivity contribution in [3.8, 4) is 5.69 Å². The fourth-order valence-corrected chi connectivity index (χ4v) is 6.25. The van der Waals surface area contributed by atoms with Gasteiger partial charge in [0, 0.05) is 39.1 Å². The maximum absolute atomic E-state index is 11.7. The smallest absolute Gasteiger partial charge is 0.229 e. The molecule has 0 amide bonds. The van der Waals surface area contributed by atoms with Crippen molar-refractivity contribution >= 4 is 54.7 Å². The summed E-state index contributed by atoms with van der Waals surface area (Å²) in [5.41, 5.74) is 6.64. The standard InChI is InChI=1S/C27H26BrN5O2S2/c1-17-15-23(18(2)32(17)22-8-6-7-19(28)16-22)26-25(24-9-4-5-14-29-24)30-27(36)33(26)21-12-10-20(11-13-21)31-37(3,34)35/h4-16,25-26,31H,1-3H3,(H,30,36)/t25-,26-/m1/s1. The van der Waals surface area contributed by atoms with Crippen molar-refractivity contribution in [3.63, 3.8) is 0 Å². The van der Waals surface area contributed by atoms with Crippen LogP contribution in [0.2, 0.25) is 0 Å². The van der Waals surface area contributed by atoms with Crippen LogP contribution < -0.4 is 14.9 Å². The lowest BCUT2D eigenvalue weighted by atomic mass is 9.96. The molecule has 0 bridgehead atoms. The number of halogens is 1. The molecule has 1 fully saturated rings.